The number of rotatable bonds is 4. The number of aliphatic hydroxyl groups is 1. The van der Waals surface area contributed by atoms with Crippen LogP contribution in [-0.4, -0.2) is 22.6 Å². The fourth-order valence-electron chi connectivity index (χ4n) is 2.08. The van der Waals surface area contributed by atoms with Crippen LogP contribution in [0.2, 0.25) is 0 Å². The van der Waals surface area contributed by atoms with Gasteiger partial charge >= 0.3 is 0 Å². The zero-order valence-electron chi connectivity index (χ0n) is 12.0. The van der Waals surface area contributed by atoms with Crippen LogP contribution in [0.4, 0.5) is 0 Å². The molecule has 0 radical (unpaired) electrons. The highest BCUT2D eigenvalue weighted by Gasteiger charge is 2.28. The number of pyridine rings is 1. The van der Waals surface area contributed by atoms with Crippen molar-refractivity contribution < 1.29 is 9.90 Å². The van der Waals surface area contributed by atoms with Gasteiger partial charge in [-0.05, 0) is 19.4 Å². The van der Waals surface area contributed by atoms with Crippen molar-refractivity contribution in [1.29, 1.82) is 0 Å². The van der Waals surface area contributed by atoms with Crippen molar-refractivity contribution >= 4 is 5.91 Å². The van der Waals surface area contributed by atoms with Gasteiger partial charge < -0.3 is 15.4 Å². The van der Waals surface area contributed by atoms with Crippen LogP contribution in [0, 0.1) is 6.92 Å². The molecule has 21 heavy (non-hydrogen) atoms. The minimum Gasteiger partial charge on any atom is -0.394 e. The Bertz CT molecular complexity index is 694. The molecule has 5 nitrogen and oxygen atoms in total. The van der Waals surface area contributed by atoms with Gasteiger partial charge in [-0.25, -0.2) is 0 Å². The Morgan fingerprint density at radius 2 is 2.00 bits per heavy atom. The average Bonchev–Trinajstić information content (AvgIpc) is 2.47. The maximum absolute atomic E-state index is 12.3. The summed E-state index contributed by atoms with van der Waals surface area (Å²) in [6.07, 6.45) is 1.38. The van der Waals surface area contributed by atoms with Crippen molar-refractivity contribution in [1.82, 2.24) is 10.3 Å². The summed E-state index contributed by atoms with van der Waals surface area (Å²) in [5.74, 6) is -0.517. The third-order valence-corrected chi connectivity index (χ3v) is 3.42. The van der Waals surface area contributed by atoms with Crippen LogP contribution in [0.25, 0.3) is 0 Å². The molecular weight excluding hydrogens is 268 g/mol. The molecule has 2 aromatic rings. The number of aromatic nitrogens is 1. The van der Waals surface area contributed by atoms with E-state index >= 15 is 0 Å². The van der Waals surface area contributed by atoms with E-state index < -0.39 is 11.4 Å². The van der Waals surface area contributed by atoms with Gasteiger partial charge in [0.25, 0.3) is 5.91 Å². The number of hydrogen-bond acceptors (Lipinski definition) is 3. The van der Waals surface area contributed by atoms with E-state index in [0.717, 1.165) is 5.56 Å². The van der Waals surface area contributed by atoms with Crippen molar-refractivity contribution in [2.45, 2.75) is 19.4 Å². The van der Waals surface area contributed by atoms with Gasteiger partial charge in [-0.15, -0.1) is 0 Å². The van der Waals surface area contributed by atoms with Crippen molar-refractivity contribution in [2.75, 3.05) is 6.61 Å². The maximum Gasteiger partial charge on any atom is 0.257 e. The molecule has 0 aliphatic heterocycles. The van der Waals surface area contributed by atoms with Crippen LogP contribution in [0.1, 0.15) is 28.5 Å². The van der Waals surface area contributed by atoms with Gasteiger partial charge in [0.2, 0.25) is 0 Å². The van der Waals surface area contributed by atoms with E-state index in [2.05, 4.69) is 10.3 Å². The van der Waals surface area contributed by atoms with Gasteiger partial charge in [-0.3, -0.25) is 9.59 Å². The molecule has 3 N–H and O–H groups in total. The monoisotopic (exact) mass is 286 g/mol. The smallest absolute Gasteiger partial charge is 0.257 e. The summed E-state index contributed by atoms with van der Waals surface area (Å²) in [5.41, 5.74) is 0.178. The molecule has 1 atom stereocenters. The van der Waals surface area contributed by atoms with E-state index in [9.17, 15) is 14.7 Å². The summed E-state index contributed by atoms with van der Waals surface area (Å²) in [7, 11) is 0. The molecule has 0 saturated carbocycles. The quantitative estimate of drug-likeness (QED) is 0.793. The van der Waals surface area contributed by atoms with E-state index in [-0.39, 0.29) is 17.6 Å². The standard InChI is InChI=1S/C16H18N2O3/c1-11-8-14(20)13(9-17-11)15(21)18-16(2,10-19)12-6-4-3-5-7-12/h3-9,19H,10H2,1-2H3,(H,17,20)(H,18,21). The second-order valence-electron chi connectivity index (χ2n) is 5.20. The lowest BCUT2D eigenvalue weighted by Crippen LogP contribution is -2.47. The van der Waals surface area contributed by atoms with E-state index in [1.807, 2.05) is 30.3 Å². The number of hydrogen-bond donors (Lipinski definition) is 3. The number of aliphatic hydroxyl groups excluding tert-OH is 1. The van der Waals surface area contributed by atoms with Crippen LogP contribution >= 0.6 is 0 Å². The first-order chi connectivity index (χ1) is 9.96. The summed E-state index contributed by atoms with van der Waals surface area (Å²) < 4.78 is 0. The Kier molecular flexibility index (Phi) is 4.23. The van der Waals surface area contributed by atoms with Gasteiger partial charge in [0.15, 0.2) is 5.43 Å². The zero-order chi connectivity index (χ0) is 15.5. The minimum absolute atomic E-state index is 0.0243. The average molecular weight is 286 g/mol. The zero-order valence-corrected chi connectivity index (χ0v) is 12.0. The Labute approximate surface area is 122 Å². The Morgan fingerprint density at radius 3 is 2.57 bits per heavy atom. The van der Waals surface area contributed by atoms with Crippen molar-refractivity contribution in [3.8, 4) is 0 Å². The van der Waals surface area contributed by atoms with Crippen molar-refractivity contribution in [3.05, 3.63) is 69.6 Å². The molecule has 2 rings (SSSR count). The Morgan fingerprint density at radius 1 is 1.33 bits per heavy atom. The molecule has 0 aliphatic carbocycles. The molecule has 1 amide bonds. The summed E-state index contributed by atoms with van der Waals surface area (Å²) in [6.45, 7) is 3.18. The minimum atomic E-state index is -0.949. The molecule has 1 aromatic heterocycles. The van der Waals surface area contributed by atoms with Gasteiger partial charge in [0, 0.05) is 18.0 Å². The molecule has 1 unspecified atom stereocenters. The van der Waals surface area contributed by atoms with Gasteiger partial charge in [-0.1, -0.05) is 30.3 Å². The van der Waals surface area contributed by atoms with Gasteiger partial charge in [0.1, 0.15) is 5.56 Å². The van der Waals surface area contributed by atoms with E-state index in [1.54, 1.807) is 13.8 Å². The number of H-pyrrole nitrogens is 1. The summed E-state index contributed by atoms with van der Waals surface area (Å²) >= 11 is 0. The second-order valence-corrected chi connectivity index (χ2v) is 5.20. The Balaban J connectivity index is 2.30. The lowest BCUT2D eigenvalue weighted by atomic mass is 9.92. The van der Waals surface area contributed by atoms with Crippen LogP contribution in [0.15, 0.2) is 47.4 Å². The second kappa shape index (κ2) is 5.93. The summed E-state index contributed by atoms with van der Waals surface area (Å²) in [4.78, 5) is 27.0. The molecule has 110 valence electrons. The number of aryl methyl sites for hydroxylation is 1. The lowest BCUT2D eigenvalue weighted by molar-refractivity contribution is 0.0848. The van der Waals surface area contributed by atoms with Gasteiger partial charge in [0.05, 0.1) is 12.1 Å². The first-order valence-electron chi connectivity index (χ1n) is 6.64. The number of carbonyl (C=O) groups excluding carboxylic acids is 1. The first kappa shape index (κ1) is 15.0. The van der Waals surface area contributed by atoms with Crippen molar-refractivity contribution in [3.63, 3.8) is 0 Å². The third kappa shape index (κ3) is 3.20. The number of nitrogens with one attached hydrogen (secondary N) is 2. The van der Waals surface area contributed by atoms with E-state index in [4.69, 9.17) is 0 Å². The van der Waals surface area contributed by atoms with Gasteiger partial charge in [-0.2, -0.15) is 0 Å². The lowest BCUT2D eigenvalue weighted by Gasteiger charge is -2.29. The molecule has 0 fully saturated rings. The van der Waals surface area contributed by atoms with Crippen molar-refractivity contribution in [2.24, 2.45) is 0 Å². The molecule has 5 heteroatoms. The molecule has 1 aromatic carbocycles. The topological polar surface area (TPSA) is 82.2 Å². The number of benzene rings is 1. The van der Waals surface area contributed by atoms with Crippen LogP contribution in [0.3, 0.4) is 0 Å². The summed E-state index contributed by atoms with van der Waals surface area (Å²) in [5, 5.41) is 12.4. The SMILES string of the molecule is Cc1cc(=O)c(C(=O)NC(C)(CO)c2ccccc2)c[nH]1. The normalized spacial score (nSPS) is 13.5. The van der Waals surface area contributed by atoms with Crippen LogP contribution < -0.4 is 10.7 Å². The Hall–Kier alpha value is -2.40. The number of aromatic amines is 1. The van der Waals surface area contributed by atoms with Crippen LogP contribution in [0.5, 0.6) is 0 Å². The number of amides is 1. The molecule has 0 aliphatic rings. The number of carbonyl (C=O) groups is 1. The van der Waals surface area contributed by atoms with E-state index in [0.29, 0.717) is 5.69 Å². The molecule has 0 saturated heterocycles. The predicted molar refractivity (Wildman–Crippen MR) is 80.1 cm³/mol. The molecule has 0 bridgehead atoms. The molecule has 1 heterocycles. The molecule has 0 spiro atoms. The highest BCUT2D eigenvalue weighted by molar-refractivity contribution is 5.94. The third-order valence-electron chi connectivity index (χ3n) is 3.42. The fraction of sp³-hybridized carbons (Fsp3) is 0.250. The van der Waals surface area contributed by atoms with Crippen LogP contribution in [-0.2, 0) is 5.54 Å². The largest absolute Gasteiger partial charge is 0.394 e. The molecular formula is C16H18N2O3. The highest BCUT2D eigenvalue weighted by atomic mass is 16.3. The predicted octanol–water partition coefficient (Wildman–Crippen LogP) is 1.32. The fourth-order valence-corrected chi connectivity index (χ4v) is 2.08. The maximum atomic E-state index is 12.3. The van der Waals surface area contributed by atoms with E-state index in [1.165, 1.54) is 12.3 Å². The first-order valence-corrected chi connectivity index (χ1v) is 6.64. The highest BCUT2D eigenvalue weighted by Crippen LogP contribution is 2.20. The summed E-state index contributed by atoms with van der Waals surface area (Å²) in [6, 6.07) is 10.5.